The Labute approximate surface area is 203 Å². The Balaban J connectivity index is 1.48. The van der Waals surface area contributed by atoms with Crippen LogP contribution in [0.2, 0.25) is 5.02 Å². The Morgan fingerprint density at radius 1 is 1.09 bits per heavy atom. The Kier molecular flexibility index (Phi) is 9.63. The number of carbonyl (C=O) groups is 2. The van der Waals surface area contributed by atoms with Gasteiger partial charge in [0, 0.05) is 23.2 Å². The molecule has 180 valence electrons. The quantitative estimate of drug-likeness (QED) is 0.328. The zero-order valence-electron chi connectivity index (χ0n) is 19.0. The van der Waals surface area contributed by atoms with Gasteiger partial charge in [0.25, 0.3) is 0 Å². The Bertz CT molecular complexity index is 1110. The molecule has 0 aliphatic rings. The molecule has 0 fully saturated rings. The van der Waals surface area contributed by atoms with Gasteiger partial charge in [-0.05, 0) is 42.8 Å². The number of pyridine rings is 1. The summed E-state index contributed by atoms with van der Waals surface area (Å²) in [5, 5.41) is 20.7. The highest BCUT2D eigenvalue weighted by Crippen LogP contribution is 2.16. The predicted molar refractivity (Wildman–Crippen MR) is 133 cm³/mol. The van der Waals surface area contributed by atoms with Gasteiger partial charge >= 0.3 is 6.09 Å². The summed E-state index contributed by atoms with van der Waals surface area (Å²) >= 11 is 6.13. The number of anilines is 1. The van der Waals surface area contributed by atoms with Gasteiger partial charge in [0.05, 0.1) is 18.7 Å². The lowest BCUT2D eigenvalue weighted by Crippen LogP contribution is -2.43. The molecule has 1 unspecified atom stereocenters. The molecule has 0 saturated carbocycles. The third kappa shape index (κ3) is 8.30. The monoisotopic (exact) mass is 484 g/mol. The second kappa shape index (κ2) is 12.9. The highest BCUT2D eigenvalue weighted by Gasteiger charge is 2.16. The van der Waals surface area contributed by atoms with E-state index in [-0.39, 0.29) is 19.1 Å². The first-order chi connectivity index (χ1) is 16.4. The van der Waals surface area contributed by atoms with Crippen molar-refractivity contribution < 1.29 is 19.4 Å². The molecule has 34 heavy (non-hydrogen) atoms. The maximum absolute atomic E-state index is 12.4. The van der Waals surface area contributed by atoms with Crippen LogP contribution in [0.1, 0.15) is 25.3 Å². The Morgan fingerprint density at radius 2 is 1.82 bits per heavy atom. The number of halogens is 1. The topological polar surface area (TPSA) is 113 Å². The van der Waals surface area contributed by atoms with Crippen molar-refractivity contribution in [3.05, 3.63) is 71.4 Å². The van der Waals surface area contributed by atoms with Gasteiger partial charge < -0.3 is 20.5 Å². The van der Waals surface area contributed by atoms with E-state index >= 15 is 0 Å². The van der Waals surface area contributed by atoms with Gasteiger partial charge in [0.15, 0.2) is 0 Å². The molecule has 0 aliphatic heterocycles. The van der Waals surface area contributed by atoms with Crippen molar-refractivity contribution in [2.24, 2.45) is 0 Å². The van der Waals surface area contributed by atoms with Gasteiger partial charge in [-0.2, -0.15) is 0 Å². The molecule has 3 aromatic rings. The summed E-state index contributed by atoms with van der Waals surface area (Å²) in [6, 6.07) is 16.4. The van der Waals surface area contributed by atoms with E-state index in [9.17, 15) is 14.7 Å². The number of aromatic nitrogens is 1. The molecule has 0 spiro atoms. The van der Waals surface area contributed by atoms with Gasteiger partial charge in [-0.1, -0.05) is 54.1 Å². The largest absolute Gasteiger partial charge is 0.447 e. The predicted octanol–water partition coefficient (Wildman–Crippen LogP) is 3.87. The average Bonchev–Trinajstić information content (AvgIpc) is 2.82. The van der Waals surface area contributed by atoms with Crippen LogP contribution in [-0.4, -0.2) is 47.4 Å². The van der Waals surface area contributed by atoms with Crippen molar-refractivity contribution in [3.63, 3.8) is 0 Å². The minimum Gasteiger partial charge on any atom is -0.447 e. The smallest absolute Gasteiger partial charge is 0.412 e. The van der Waals surface area contributed by atoms with Crippen LogP contribution >= 0.6 is 11.6 Å². The summed E-state index contributed by atoms with van der Waals surface area (Å²) < 4.78 is 5.32. The number of rotatable bonds is 11. The molecule has 1 aromatic heterocycles. The molecular weight excluding hydrogens is 456 g/mol. The molecule has 0 aliphatic carbocycles. The van der Waals surface area contributed by atoms with E-state index in [0.29, 0.717) is 30.2 Å². The lowest BCUT2D eigenvalue weighted by Gasteiger charge is -2.20. The molecule has 8 nitrogen and oxygen atoms in total. The summed E-state index contributed by atoms with van der Waals surface area (Å²) in [7, 11) is 0. The molecule has 4 N–H and O–H groups in total. The highest BCUT2D eigenvalue weighted by atomic mass is 35.5. The summed E-state index contributed by atoms with van der Waals surface area (Å²) in [5.41, 5.74) is 0.893. The first kappa shape index (κ1) is 25.4. The molecule has 0 radical (unpaired) electrons. The first-order valence-electron chi connectivity index (χ1n) is 11.1. The van der Waals surface area contributed by atoms with Crippen LogP contribution in [0.15, 0.2) is 60.8 Å². The molecule has 1 heterocycles. The number of hydrogen-bond acceptors (Lipinski definition) is 6. The molecule has 2 atom stereocenters. The number of carbonyl (C=O) groups excluding carboxylic acids is 2. The fraction of sp³-hybridized carbons (Fsp3) is 0.320. The van der Waals surface area contributed by atoms with Gasteiger partial charge in [-0.3, -0.25) is 10.1 Å². The van der Waals surface area contributed by atoms with Crippen molar-refractivity contribution in [3.8, 4) is 0 Å². The fourth-order valence-electron chi connectivity index (χ4n) is 3.34. The number of hydrogen-bond donors (Lipinski definition) is 4. The van der Waals surface area contributed by atoms with E-state index in [1.165, 1.54) is 0 Å². The van der Waals surface area contributed by atoms with E-state index < -0.39 is 18.2 Å². The second-order valence-corrected chi connectivity index (χ2v) is 8.43. The Hall–Kier alpha value is -3.20. The summed E-state index contributed by atoms with van der Waals surface area (Å²) in [5.74, 6) is 0.125. The van der Waals surface area contributed by atoms with Crippen molar-refractivity contribution in [2.45, 2.75) is 38.5 Å². The van der Waals surface area contributed by atoms with E-state index in [0.717, 1.165) is 16.3 Å². The van der Waals surface area contributed by atoms with Crippen molar-refractivity contribution in [1.29, 1.82) is 0 Å². The number of nitrogens with one attached hydrogen (secondary N) is 3. The van der Waals surface area contributed by atoms with Crippen LogP contribution in [-0.2, 0) is 16.1 Å². The van der Waals surface area contributed by atoms with Gasteiger partial charge in [0.1, 0.15) is 12.4 Å². The standard InChI is InChI=1S/C25H29ClN4O4/c1-17(31)10-11-21(29-24(32)15-27-13-20-8-4-5-9-22(20)26)16-34-25(33)30-23-12-18-6-2-3-7-19(18)14-28-23/h2-9,12,14,17,21,27,31H,10-11,13,15-16H2,1H3,(H,29,32)(H,28,30,33)/t17?,21-/m0/s1. The van der Waals surface area contributed by atoms with Gasteiger partial charge in [-0.25, -0.2) is 9.78 Å². The number of fused-ring (bicyclic) bond motifs is 1. The van der Waals surface area contributed by atoms with Crippen LogP contribution in [0.4, 0.5) is 10.6 Å². The molecule has 3 rings (SSSR count). The highest BCUT2D eigenvalue weighted by molar-refractivity contribution is 6.31. The summed E-state index contributed by atoms with van der Waals surface area (Å²) in [6.45, 7) is 2.15. The minimum atomic E-state index is -0.670. The second-order valence-electron chi connectivity index (χ2n) is 8.03. The zero-order valence-corrected chi connectivity index (χ0v) is 19.7. The number of aliphatic hydroxyl groups is 1. The number of aliphatic hydroxyl groups excluding tert-OH is 1. The lowest BCUT2D eigenvalue weighted by molar-refractivity contribution is -0.121. The summed E-state index contributed by atoms with van der Waals surface area (Å²) in [4.78, 5) is 28.9. The number of ether oxygens (including phenoxy) is 1. The minimum absolute atomic E-state index is 0.0393. The van der Waals surface area contributed by atoms with E-state index in [4.69, 9.17) is 16.3 Å². The number of benzene rings is 2. The maximum atomic E-state index is 12.4. The van der Waals surface area contributed by atoms with E-state index in [1.54, 1.807) is 25.3 Å². The zero-order chi connectivity index (χ0) is 24.3. The third-order valence-electron chi connectivity index (χ3n) is 5.13. The van der Waals surface area contributed by atoms with Crippen molar-refractivity contribution in [1.82, 2.24) is 15.6 Å². The number of amides is 2. The Morgan fingerprint density at radius 3 is 2.59 bits per heavy atom. The number of nitrogens with zero attached hydrogens (tertiary/aromatic N) is 1. The lowest BCUT2D eigenvalue weighted by atomic mass is 10.1. The van der Waals surface area contributed by atoms with Crippen LogP contribution in [0.5, 0.6) is 0 Å². The third-order valence-corrected chi connectivity index (χ3v) is 5.50. The normalized spacial score (nSPS) is 12.7. The van der Waals surface area contributed by atoms with E-state index in [2.05, 4.69) is 20.9 Å². The molecule has 9 heteroatoms. The van der Waals surface area contributed by atoms with Gasteiger partial charge in [0.2, 0.25) is 5.91 Å². The van der Waals surface area contributed by atoms with Crippen molar-refractivity contribution in [2.75, 3.05) is 18.5 Å². The molecule has 2 aromatic carbocycles. The van der Waals surface area contributed by atoms with Crippen molar-refractivity contribution >= 4 is 40.2 Å². The average molecular weight is 485 g/mol. The molecule has 2 amide bonds. The molecule has 0 bridgehead atoms. The fourth-order valence-corrected chi connectivity index (χ4v) is 3.54. The SMILES string of the molecule is CC(O)CC[C@@H](COC(=O)Nc1cc2ccccc2cn1)NC(=O)CNCc1ccccc1Cl. The maximum Gasteiger partial charge on any atom is 0.412 e. The van der Waals surface area contributed by atoms with Gasteiger partial charge in [-0.15, -0.1) is 0 Å². The summed E-state index contributed by atoms with van der Waals surface area (Å²) in [6.07, 6.45) is 1.38. The van der Waals surface area contributed by atoms with Crippen LogP contribution in [0.25, 0.3) is 10.8 Å². The van der Waals surface area contributed by atoms with Crippen LogP contribution < -0.4 is 16.0 Å². The van der Waals surface area contributed by atoms with Crippen LogP contribution in [0.3, 0.4) is 0 Å². The van der Waals surface area contributed by atoms with E-state index in [1.807, 2.05) is 42.5 Å². The van der Waals surface area contributed by atoms with Crippen LogP contribution in [0, 0.1) is 0 Å². The molecule has 0 saturated heterocycles. The first-order valence-corrected chi connectivity index (χ1v) is 11.5. The molecular formula is C25H29ClN4O4.